The van der Waals surface area contributed by atoms with Crippen molar-refractivity contribution in [1.29, 1.82) is 0 Å². The lowest BCUT2D eigenvalue weighted by molar-refractivity contribution is -0.907. The Balaban J connectivity index is 1.31. The van der Waals surface area contributed by atoms with Crippen LogP contribution in [0.3, 0.4) is 0 Å². The predicted molar refractivity (Wildman–Crippen MR) is 131 cm³/mol. The van der Waals surface area contributed by atoms with Crippen molar-refractivity contribution >= 4 is 23.5 Å². The summed E-state index contributed by atoms with van der Waals surface area (Å²) in [5, 5.41) is 17.3. The summed E-state index contributed by atoms with van der Waals surface area (Å²) in [7, 11) is 0. The molecule has 5 rings (SSSR count). The fourth-order valence-corrected chi connectivity index (χ4v) is 5.47. The van der Waals surface area contributed by atoms with E-state index in [1.807, 2.05) is 36.4 Å². The van der Waals surface area contributed by atoms with Gasteiger partial charge in [-0.05, 0) is 31.9 Å². The Labute approximate surface area is 200 Å². The first kappa shape index (κ1) is 22.8. The van der Waals surface area contributed by atoms with Gasteiger partial charge in [0.05, 0.1) is 18.2 Å². The number of hydrogen-bond acceptors (Lipinski definition) is 8. The summed E-state index contributed by atoms with van der Waals surface area (Å²) in [6.07, 6.45) is 5.77. The molecule has 0 aromatic carbocycles. The SMILES string of the molecule is CCNc1ncc2c(n1)N1CCCC1C[N+]([O-])(Cc1ccc(N3CCN(C(C)=O)CC3)nc1)C2. The van der Waals surface area contributed by atoms with Crippen LogP contribution >= 0.6 is 0 Å². The molecule has 3 aliphatic rings. The highest BCUT2D eigenvalue weighted by molar-refractivity contribution is 5.73. The average molecular weight is 467 g/mol. The maximum Gasteiger partial charge on any atom is 0.224 e. The summed E-state index contributed by atoms with van der Waals surface area (Å²) in [5.74, 6) is 2.57. The first-order valence-corrected chi connectivity index (χ1v) is 12.3. The zero-order chi connectivity index (χ0) is 23.7. The van der Waals surface area contributed by atoms with Crippen LogP contribution in [0.5, 0.6) is 0 Å². The minimum Gasteiger partial charge on any atom is -0.632 e. The highest BCUT2D eigenvalue weighted by Crippen LogP contribution is 2.35. The number of rotatable bonds is 5. The topological polar surface area (TPSA) is 101 Å². The molecule has 10 nitrogen and oxygen atoms in total. The van der Waals surface area contributed by atoms with Crippen molar-refractivity contribution in [1.82, 2.24) is 19.9 Å². The standard InChI is InChI=1S/C24H34N8O2/c1-3-25-24-27-14-20-16-32(34,17-21-5-4-8-31(21)23(20)28-24)15-19-6-7-22(26-13-19)30-11-9-29(10-12-30)18(2)33/h6-7,13-14,21H,3-5,8-12,15-17H2,1-2H3,(H,25,27,28). The van der Waals surface area contributed by atoms with E-state index < -0.39 is 0 Å². The van der Waals surface area contributed by atoms with Crippen molar-refractivity contribution in [3.8, 4) is 0 Å². The Hall–Kier alpha value is -2.98. The van der Waals surface area contributed by atoms with Gasteiger partial charge in [-0.3, -0.25) is 4.79 Å². The van der Waals surface area contributed by atoms with Gasteiger partial charge in [-0.25, -0.2) is 9.97 Å². The highest BCUT2D eigenvalue weighted by atomic mass is 16.5. The minimum absolute atomic E-state index is 0.121. The number of fused-ring (bicyclic) bond motifs is 3. The first-order chi connectivity index (χ1) is 16.4. The fraction of sp³-hybridized carbons (Fsp3) is 0.583. The molecule has 2 unspecified atom stereocenters. The van der Waals surface area contributed by atoms with Gasteiger partial charge in [0.25, 0.3) is 0 Å². The van der Waals surface area contributed by atoms with E-state index in [0.717, 1.165) is 61.8 Å². The minimum atomic E-state index is -0.323. The quantitative estimate of drug-likeness (QED) is 0.527. The van der Waals surface area contributed by atoms with E-state index in [4.69, 9.17) is 4.98 Å². The summed E-state index contributed by atoms with van der Waals surface area (Å²) in [4.78, 5) is 31.8. The van der Waals surface area contributed by atoms with Gasteiger partial charge in [0.2, 0.25) is 11.9 Å². The number of pyridine rings is 1. The van der Waals surface area contributed by atoms with E-state index >= 15 is 0 Å². The molecule has 34 heavy (non-hydrogen) atoms. The zero-order valence-corrected chi connectivity index (χ0v) is 20.1. The second-order valence-electron chi connectivity index (χ2n) is 9.64. The summed E-state index contributed by atoms with van der Waals surface area (Å²) < 4.78 is -0.323. The summed E-state index contributed by atoms with van der Waals surface area (Å²) in [6.45, 7) is 9.61. The molecule has 3 aliphatic heterocycles. The molecule has 5 heterocycles. The smallest absolute Gasteiger partial charge is 0.224 e. The number of aromatic nitrogens is 3. The molecule has 1 N–H and O–H groups in total. The number of carbonyl (C=O) groups is 1. The third kappa shape index (κ3) is 4.65. The predicted octanol–water partition coefficient (Wildman–Crippen LogP) is 1.97. The van der Waals surface area contributed by atoms with Crippen LogP contribution in [-0.2, 0) is 17.9 Å². The Morgan fingerprint density at radius 3 is 2.71 bits per heavy atom. The lowest BCUT2D eigenvalue weighted by atomic mass is 10.1. The van der Waals surface area contributed by atoms with E-state index in [1.165, 1.54) is 0 Å². The van der Waals surface area contributed by atoms with Gasteiger partial charge in [0.15, 0.2) is 0 Å². The number of anilines is 3. The van der Waals surface area contributed by atoms with Crippen molar-refractivity contribution in [2.75, 3.05) is 60.9 Å². The number of amides is 1. The molecule has 0 bridgehead atoms. The normalized spacial score (nSPS) is 24.4. The maximum absolute atomic E-state index is 14.1. The van der Waals surface area contributed by atoms with Gasteiger partial charge in [-0.15, -0.1) is 0 Å². The largest absolute Gasteiger partial charge is 0.632 e. The van der Waals surface area contributed by atoms with Gasteiger partial charge in [-0.2, -0.15) is 4.98 Å². The number of piperazine rings is 1. The van der Waals surface area contributed by atoms with Gasteiger partial charge >= 0.3 is 0 Å². The Morgan fingerprint density at radius 2 is 2.00 bits per heavy atom. The maximum atomic E-state index is 14.1. The monoisotopic (exact) mass is 466 g/mol. The van der Waals surface area contributed by atoms with Gasteiger partial charge in [0.1, 0.15) is 24.7 Å². The molecule has 1 amide bonds. The van der Waals surface area contributed by atoms with Gasteiger partial charge < -0.3 is 29.9 Å². The van der Waals surface area contributed by atoms with E-state index in [2.05, 4.69) is 25.1 Å². The highest BCUT2D eigenvalue weighted by Gasteiger charge is 2.38. The van der Waals surface area contributed by atoms with E-state index in [-0.39, 0.29) is 16.6 Å². The molecule has 10 heteroatoms. The van der Waals surface area contributed by atoms with Crippen LogP contribution in [0.25, 0.3) is 0 Å². The van der Waals surface area contributed by atoms with E-state index in [0.29, 0.717) is 38.7 Å². The van der Waals surface area contributed by atoms with Crippen LogP contribution in [0.2, 0.25) is 0 Å². The van der Waals surface area contributed by atoms with Crippen LogP contribution in [0.1, 0.15) is 37.8 Å². The van der Waals surface area contributed by atoms with Crippen molar-refractivity contribution in [2.45, 2.75) is 45.8 Å². The van der Waals surface area contributed by atoms with Crippen LogP contribution < -0.4 is 15.1 Å². The number of carbonyl (C=O) groups excluding carboxylic acids is 1. The number of quaternary nitrogens is 1. The molecule has 2 saturated heterocycles. The van der Waals surface area contributed by atoms with Crippen molar-refractivity contribution in [3.05, 3.63) is 40.9 Å². The first-order valence-electron chi connectivity index (χ1n) is 12.3. The molecular formula is C24H34N8O2. The Morgan fingerprint density at radius 1 is 1.18 bits per heavy atom. The third-order valence-corrected chi connectivity index (χ3v) is 7.16. The van der Waals surface area contributed by atoms with E-state index in [9.17, 15) is 10.0 Å². The summed E-state index contributed by atoms with van der Waals surface area (Å²) in [5.41, 5.74) is 1.87. The Bertz CT molecular complexity index is 1020. The molecule has 182 valence electrons. The third-order valence-electron chi connectivity index (χ3n) is 7.16. The van der Waals surface area contributed by atoms with Crippen molar-refractivity contribution in [3.63, 3.8) is 0 Å². The van der Waals surface area contributed by atoms with Crippen LogP contribution in [-0.4, -0.2) is 82.3 Å². The molecule has 2 atom stereocenters. The van der Waals surface area contributed by atoms with Crippen LogP contribution in [0.15, 0.2) is 24.5 Å². The Kier molecular flexibility index (Phi) is 6.26. The molecule has 2 aromatic heterocycles. The molecule has 0 aliphatic carbocycles. The molecular weight excluding hydrogens is 432 g/mol. The summed E-state index contributed by atoms with van der Waals surface area (Å²) in [6, 6.07) is 4.23. The summed E-state index contributed by atoms with van der Waals surface area (Å²) >= 11 is 0. The van der Waals surface area contributed by atoms with Crippen LogP contribution in [0.4, 0.5) is 17.6 Å². The van der Waals surface area contributed by atoms with Crippen LogP contribution in [0, 0.1) is 5.21 Å². The lowest BCUT2D eigenvalue weighted by Crippen LogP contribution is -2.48. The second kappa shape index (κ2) is 9.34. The fourth-order valence-electron chi connectivity index (χ4n) is 5.47. The molecule has 2 fully saturated rings. The molecule has 0 radical (unpaired) electrons. The van der Waals surface area contributed by atoms with Gasteiger partial charge in [-0.1, -0.05) is 0 Å². The van der Waals surface area contributed by atoms with Crippen molar-refractivity contribution in [2.24, 2.45) is 0 Å². The second-order valence-corrected chi connectivity index (χ2v) is 9.64. The molecule has 0 saturated carbocycles. The molecule has 2 aromatic rings. The molecule has 0 spiro atoms. The van der Waals surface area contributed by atoms with Gasteiger partial charge in [0, 0.05) is 64.1 Å². The average Bonchev–Trinajstić information content (AvgIpc) is 3.24. The zero-order valence-electron chi connectivity index (χ0n) is 20.1. The number of nitrogens with one attached hydrogen (secondary N) is 1. The number of hydrogen-bond donors (Lipinski definition) is 1. The number of hydroxylamine groups is 3. The van der Waals surface area contributed by atoms with E-state index in [1.54, 1.807) is 6.92 Å². The number of nitrogens with zero attached hydrogens (tertiary/aromatic N) is 7. The lowest BCUT2D eigenvalue weighted by Gasteiger charge is -2.43. The van der Waals surface area contributed by atoms with Crippen molar-refractivity contribution < 1.29 is 9.44 Å².